The maximum Gasteiger partial charge on any atom is 0 e. The van der Waals surface area contributed by atoms with E-state index in [9.17, 15) is 0 Å². The molecule has 0 amide bonds. The monoisotopic (exact) mass is 295 g/mol. The van der Waals surface area contributed by atoms with Gasteiger partial charge in [0.05, 0.1) is 0 Å². The van der Waals surface area contributed by atoms with E-state index in [4.69, 9.17) is 0 Å². The van der Waals surface area contributed by atoms with Gasteiger partial charge in [-0.2, -0.15) is 0 Å². The molecule has 0 aromatic heterocycles. The van der Waals surface area contributed by atoms with E-state index in [1.54, 1.807) is 0 Å². The summed E-state index contributed by atoms with van der Waals surface area (Å²) < 4.78 is 0. The summed E-state index contributed by atoms with van der Waals surface area (Å²) in [5.41, 5.74) is 0. The van der Waals surface area contributed by atoms with Crippen LogP contribution in [0.25, 0.3) is 0 Å². The molecule has 0 aliphatic carbocycles. The topological polar surface area (TPSA) is 0 Å². The predicted octanol–water partition coefficient (Wildman–Crippen LogP) is -0.772. The van der Waals surface area contributed by atoms with E-state index in [0.29, 0.717) is 0 Å². The minimum absolute atomic E-state index is 0. The van der Waals surface area contributed by atoms with Crippen LogP contribution in [0.3, 0.4) is 0 Å². The van der Waals surface area contributed by atoms with Gasteiger partial charge in [-0.1, -0.05) is 0 Å². The van der Waals surface area contributed by atoms with Gasteiger partial charge in [-0.15, -0.1) is 0 Å². The second-order valence-corrected chi connectivity index (χ2v) is 0. The van der Waals surface area contributed by atoms with Crippen LogP contribution in [0.5, 0.6) is 0 Å². The maximum absolute atomic E-state index is 0. The zero-order valence-electron chi connectivity index (χ0n) is 2.94. The summed E-state index contributed by atoms with van der Waals surface area (Å²) in [7, 11) is 0. The average Bonchev–Trinajstić information content (AvgIpc) is 0. The Hall–Kier alpha value is 3.44. The van der Waals surface area contributed by atoms with Crippen molar-refractivity contribution in [2.45, 2.75) is 0 Å². The third-order valence-corrected chi connectivity index (χ3v) is 0. The number of hydrogen-bond acceptors (Lipinski definition) is 0. The Morgan fingerprint density at radius 1 is 1.00 bits per heavy atom. The number of hydrogen-bond donors (Lipinski definition) is 0. The molecule has 0 fully saturated rings. The van der Waals surface area contributed by atoms with Crippen LogP contribution in [0.2, 0.25) is 0 Å². The quantitative estimate of drug-likeness (QED) is 0.515. The van der Waals surface area contributed by atoms with Crippen LogP contribution in [0.1, 0.15) is 0 Å². The predicted molar refractivity (Wildman–Crippen MR) is 11.5 cm³/mol. The molecule has 37 valence electrons. The van der Waals surface area contributed by atoms with Gasteiger partial charge in [0, 0.05) is 110 Å². The molecule has 0 saturated heterocycles. The van der Waals surface area contributed by atoms with E-state index < -0.39 is 0 Å². The van der Waals surface area contributed by atoms with Crippen molar-refractivity contribution >= 4 is 40.4 Å². The molecule has 6 heteroatoms. The maximum atomic E-state index is 0. The van der Waals surface area contributed by atoms with Crippen molar-refractivity contribution in [1.29, 1.82) is 0 Å². The van der Waals surface area contributed by atoms with Crippen molar-refractivity contribution in [3.05, 3.63) is 0 Å². The SMILES string of the molecule is [Al].[Co].[Cu].[Mg].[Ni].[Zn]. The van der Waals surface area contributed by atoms with Gasteiger partial charge in [0.2, 0.25) is 0 Å². The average molecular weight is 298 g/mol. The van der Waals surface area contributed by atoms with Gasteiger partial charge >= 0.3 is 0 Å². The Labute approximate surface area is 108 Å². The van der Waals surface area contributed by atoms with Gasteiger partial charge < -0.3 is 0 Å². The van der Waals surface area contributed by atoms with E-state index >= 15 is 0 Å². The molecular weight excluding hydrogens is 298 g/mol. The summed E-state index contributed by atoms with van der Waals surface area (Å²) in [5.74, 6) is 0. The first-order valence-electron chi connectivity index (χ1n) is 0. The fraction of sp³-hybridized carbons (Fsp3) is 0. The van der Waals surface area contributed by atoms with Crippen molar-refractivity contribution < 1.29 is 69.8 Å². The summed E-state index contributed by atoms with van der Waals surface area (Å²) in [4.78, 5) is 0. The molecule has 0 N–H and O–H groups in total. The minimum atomic E-state index is 0. The second kappa shape index (κ2) is 39.5. The van der Waals surface area contributed by atoms with Crippen LogP contribution in [0.15, 0.2) is 0 Å². The number of rotatable bonds is 0. The van der Waals surface area contributed by atoms with Crippen LogP contribution in [0, 0.1) is 0 Å². The first kappa shape index (κ1) is 56.8. The summed E-state index contributed by atoms with van der Waals surface area (Å²) >= 11 is 0. The molecule has 0 aliphatic heterocycles. The molecule has 0 aromatic rings. The van der Waals surface area contributed by atoms with Gasteiger partial charge in [0.15, 0.2) is 0 Å². The van der Waals surface area contributed by atoms with Crippen LogP contribution in [0.4, 0.5) is 0 Å². The molecular formula is AlCoCuMgNiZn. The van der Waals surface area contributed by atoms with Gasteiger partial charge in [0.25, 0.3) is 0 Å². The Kier molecular flexibility index (Phi) is 374. The molecule has 0 atom stereocenters. The van der Waals surface area contributed by atoms with Crippen molar-refractivity contribution in [3.63, 3.8) is 0 Å². The molecule has 0 saturated carbocycles. The van der Waals surface area contributed by atoms with Crippen LogP contribution in [-0.4, -0.2) is 40.4 Å². The standard InChI is InChI=1S/Al.Co.Cu.Mg.Ni.Zn. The fourth-order valence-corrected chi connectivity index (χ4v) is 0. The molecule has 0 rings (SSSR count). The van der Waals surface area contributed by atoms with E-state index in [2.05, 4.69) is 0 Å². The summed E-state index contributed by atoms with van der Waals surface area (Å²) in [5, 5.41) is 0. The van der Waals surface area contributed by atoms with Crippen LogP contribution in [-0.2, 0) is 69.8 Å². The van der Waals surface area contributed by atoms with E-state index in [1.165, 1.54) is 0 Å². The Balaban J connectivity index is 0. The van der Waals surface area contributed by atoms with Crippen molar-refractivity contribution in [3.8, 4) is 0 Å². The van der Waals surface area contributed by atoms with Crippen LogP contribution < -0.4 is 0 Å². The molecule has 0 aliphatic rings. The normalized spacial score (nSPS) is 0. The largest absolute Gasteiger partial charge is 0 e. The van der Waals surface area contributed by atoms with Crippen molar-refractivity contribution in [2.75, 3.05) is 0 Å². The van der Waals surface area contributed by atoms with Gasteiger partial charge in [-0.25, -0.2) is 0 Å². The van der Waals surface area contributed by atoms with Gasteiger partial charge in [-0.3, -0.25) is 0 Å². The smallest absolute Gasteiger partial charge is 0 e. The first-order chi connectivity index (χ1) is 0. The molecule has 0 nitrogen and oxygen atoms in total. The Bertz CT molecular complexity index is 15.5. The third kappa shape index (κ3) is 26.1. The zero-order chi connectivity index (χ0) is 0. The minimum Gasteiger partial charge on any atom is 0 e. The summed E-state index contributed by atoms with van der Waals surface area (Å²) in [6.45, 7) is 0. The van der Waals surface area contributed by atoms with Crippen molar-refractivity contribution in [2.24, 2.45) is 0 Å². The van der Waals surface area contributed by atoms with Crippen LogP contribution >= 0.6 is 0 Å². The van der Waals surface area contributed by atoms with Gasteiger partial charge in [-0.05, 0) is 0 Å². The molecule has 0 heterocycles. The van der Waals surface area contributed by atoms with E-state index in [-0.39, 0.29) is 110 Å². The van der Waals surface area contributed by atoms with E-state index in [0.717, 1.165) is 0 Å². The molecule has 0 bridgehead atoms. The second-order valence-electron chi connectivity index (χ2n) is 0. The van der Waals surface area contributed by atoms with Gasteiger partial charge in [0.1, 0.15) is 0 Å². The molecule has 7 radical (unpaired) electrons. The molecule has 0 unspecified atom stereocenters. The van der Waals surface area contributed by atoms with E-state index in [1.807, 2.05) is 0 Å². The third-order valence-electron chi connectivity index (χ3n) is 0. The first-order valence-corrected chi connectivity index (χ1v) is 0. The Morgan fingerprint density at radius 2 is 1.00 bits per heavy atom. The summed E-state index contributed by atoms with van der Waals surface area (Å²) in [6.07, 6.45) is 0. The molecule has 0 aromatic carbocycles. The summed E-state index contributed by atoms with van der Waals surface area (Å²) in [6, 6.07) is 0. The Morgan fingerprint density at radius 3 is 1.00 bits per heavy atom. The van der Waals surface area contributed by atoms with Crippen molar-refractivity contribution in [1.82, 2.24) is 0 Å². The fourth-order valence-electron chi connectivity index (χ4n) is 0. The molecule has 0 spiro atoms. The molecule has 6 heavy (non-hydrogen) atoms. The zero-order valence-corrected chi connectivity index (χ0v) is 11.4.